The molecule has 3 fully saturated rings. The van der Waals surface area contributed by atoms with Crippen LogP contribution in [0.25, 0.3) is 32.9 Å². The number of piperidine rings is 2. The van der Waals surface area contributed by atoms with E-state index in [0.717, 1.165) is 32.2 Å². The first-order chi connectivity index (χ1) is 22.3. The molecule has 3 aliphatic rings. The summed E-state index contributed by atoms with van der Waals surface area (Å²) in [6, 6.07) is 7.75. The van der Waals surface area contributed by atoms with Crippen LogP contribution in [0, 0.1) is 46.6 Å². The number of benzene rings is 2. The average Bonchev–Trinajstić information content (AvgIpc) is 3.84. The van der Waals surface area contributed by atoms with Crippen LogP contribution in [0.5, 0.6) is 11.8 Å². The van der Waals surface area contributed by atoms with E-state index in [-0.39, 0.29) is 50.8 Å². The Morgan fingerprint density at radius 1 is 1.11 bits per heavy atom. The molecule has 2 aliphatic heterocycles. The van der Waals surface area contributed by atoms with E-state index in [1.54, 1.807) is 0 Å². The summed E-state index contributed by atoms with van der Waals surface area (Å²) in [5.74, 6) is 0.961. The highest BCUT2D eigenvalue weighted by Gasteiger charge is 2.45. The third-order valence-corrected chi connectivity index (χ3v) is 9.54. The quantitative estimate of drug-likeness (QED) is 0.244. The Labute approximate surface area is 264 Å². The van der Waals surface area contributed by atoms with Gasteiger partial charge < -0.3 is 19.6 Å². The van der Waals surface area contributed by atoms with Gasteiger partial charge in [0.1, 0.15) is 34.8 Å². The molecule has 2 saturated heterocycles. The largest absolute Gasteiger partial charge is 0.508 e. The number of terminal acetylenes is 1. The van der Waals surface area contributed by atoms with Gasteiger partial charge in [0.25, 0.3) is 0 Å². The number of aromatic nitrogens is 3. The van der Waals surface area contributed by atoms with Crippen molar-refractivity contribution >= 4 is 27.5 Å². The van der Waals surface area contributed by atoms with Gasteiger partial charge in [-0.3, -0.25) is 4.98 Å². The minimum absolute atomic E-state index is 0.00231. The third kappa shape index (κ3) is 5.65. The van der Waals surface area contributed by atoms with Crippen LogP contribution in [-0.4, -0.2) is 70.5 Å². The Morgan fingerprint density at radius 3 is 2.65 bits per heavy atom. The number of anilines is 1. The van der Waals surface area contributed by atoms with Gasteiger partial charge in [0.15, 0.2) is 5.82 Å². The number of likely N-dealkylation sites (tertiary alicyclic amines) is 1. The van der Waals surface area contributed by atoms with Crippen molar-refractivity contribution in [2.75, 3.05) is 44.2 Å². The number of pyridine rings is 1. The number of phenolic OH excluding ortho intramolecular Hbond substituents is 1. The number of nitrogens with zero attached hydrogens (tertiary/aromatic N) is 6. The molecule has 11 heteroatoms. The molecule has 236 valence electrons. The topological polar surface area (TPSA) is 98.4 Å². The monoisotopic (exact) mass is 626 g/mol. The average molecular weight is 627 g/mol. The van der Waals surface area contributed by atoms with Gasteiger partial charge in [-0.1, -0.05) is 12.0 Å². The van der Waals surface area contributed by atoms with E-state index in [2.05, 4.69) is 26.9 Å². The summed E-state index contributed by atoms with van der Waals surface area (Å²) >= 11 is 0. The maximum atomic E-state index is 16.7. The summed E-state index contributed by atoms with van der Waals surface area (Å²) in [7, 11) is 0. The van der Waals surface area contributed by atoms with Gasteiger partial charge in [-0.25, -0.2) is 13.2 Å². The zero-order chi connectivity index (χ0) is 32.0. The molecular weight excluding hydrogens is 593 g/mol. The maximum Gasteiger partial charge on any atom is 0.319 e. The Morgan fingerprint density at radius 2 is 1.91 bits per heavy atom. The van der Waals surface area contributed by atoms with E-state index >= 15 is 4.39 Å². The van der Waals surface area contributed by atoms with Gasteiger partial charge >= 0.3 is 6.01 Å². The van der Waals surface area contributed by atoms with Crippen molar-refractivity contribution in [2.45, 2.75) is 44.7 Å². The highest BCUT2D eigenvalue weighted by molar-refractivity contribution is 6.03. The van der Waals surface area contributed by atoms with E-state index in [1.807, 2.05) is 4.90 Å². The molecule has 0 bridgehead atoms. The fourth-order valence-electron chi connectivity index (χ4n) is 6.82. The fraction of sp³-hybridized carbons (Fsp3) is 0.429. The van der Waals surface area contributed by atoms with E-state index in [1.165, 1.54) is 30.5 Å². The van der Waals surface area contributed by atoms with Crippen LogP contribution in [-0.2, 0) is 0 Å². The number of nitriles is 1. The molecular formula is C35H33F3N6O2. The number of hydrogen-bond acceptors (Lipinski definition) is 8. The normalized spacial score (nSPS) is 20.0. The summed E-state index contributed by atoms with van der Waals surface area (Å²) in [4.78, 5) is 17.9. The van der Waals surface area contributed by atoms with E-state index < -0.39 is 17.8 Å². The number of aromatic hydroxyl groups is 1. The van der Waals surface area contributed by atoms with Gasteiger partial charge in [0, 0.05) is 55.3 Å². The van der Waals surface area contributed by atoms with Crippen LogP contribution in [0.1, 0.15) is 44.1 Å². The van der Waals surface area contributed by atoms with Gasteiger partial charge in [-0.15, -0.1) is 6.42 Å². The molecule has 4 aromatic rings. The number of alkyl halides is 1. The second-order valence-electron chi connectivity index (χ2n) is 12.8. The Bertz CT molecular complexity index is 1910. The third-order valence-electron chi connectivity index (χ3n) is 9.54. The van der Waals surface area contributed by atoms with Crippen molar-refractivity contribution in [3.05, 3.63) is 47.7 Å². The molecule has 7 rings (SSSR count). The van der Waals surface area contributed by atoms with E-state index in [9.17, 15) is 19.1 Å². The van der Waals surface area contributed by atoms with Crippen molar-refractivity contribution < 1.29 is 23.0 Å². The van der Waals surface area contributed by atoms with Crippen molar-refractivity contribution in [3.8, 4) is 41.4 Å². The predicted molar refractivity (Wildman–Crippen MR) is 168 cm³/mol. The highest BCUT2D eigenvalue weighted by atomic mass is 19.1. The summed E-state index contributed by atoms with van der Waals surface area (Å²) in [6.07, 6.45) is 10.9. The molecule has 4 heterocycles. The first-order valence-electron chi connectivity index (χ1n) is 15.7. The first-order valence-corrected chi connectivity index (χ1v) is 15.7. The lowest BCUT2D eigenvalue weighted by Crippen LogP contribution is -2.39. The molecule has 0 spiro atoms. The highest BCUT2D eigenvalue weighted by Crippen LogP contribution is 2.47. The smallest absolute Gasteiger partial charge is 0.319 e. The predicted octanol–water partition coefficient (Wildman–Crippen LogP) is 6.14. The molecule has 1 aliphatic carbocycles. The molecule has 1 unspecified atom stereocenters. The summed E-state index contributed by atoms with van der Waals surface area (Å²) in [6.45, 7) is 3.58. The summed E-state index contributed by atoms with van der Waals surface area (Å²) < 4.78 is 51.4. The maximum absolute atomic E-state index is 16.7. The van der Waals surface area contributed by atoms with Crippen LogP contribution < -0.4 is 9.64 Å². The lowest BCUT2D eigenvalue weighted by Gasteiger charge is -2.32. The van der Waals surface area contributed by atoms with E-state index in [4.69, 9.17) is 16.1 Å². The zero-order valence-corrected chi connectivity index (χ0v) is 25.3. The van der Waals surface area contributed by atoms with Crippen LogP contribution >= 0.6 is 0 Å². The molecule has 1 N–H and O–H groups in total. The molecule has 2 aromatic heterocycles. The number of ether oxygens (including phenoxy) is 1. The van der Waals surface area contributed by atoms with Gasteiger partial charge in [-0.2, -0.15) is 15.2 Å². The number of halogens is 3. The fourth-order valence-corrected chi connectivity index (χ4v) is 6.82. The van der Waals surface area contributed by atoms with Crippen molar-refractivity contribution in [1.29, 1.82) is 5.26 Å². The number of phenols is 1. The van der Waals surface area contributed by atoms with Crippen LogP contribution in [0.4, 0.5) is 19.0 Å². The number of fused-ring (bicyclic) bond motifs is 2. The van der Waals surface area contributed by atoms with Gasteiger partial charge in [0.2, 0.25) is 0 Å². The molecule has 0 amide bonds. The van der Waals surface area contributed by atoms with E-state index in [0.29, 0.717) is 62.2 Å². The Kier molecular flexibility index (Phi) is 7.82. The molecule has 2 aromatic carbocycles. The first kappa shape index (κ1) is 30.1. The molecule has 1 saturated carbocycles. The SMILES string of the molecule is C#Cc1c(F)ccc2cc(O)cc(-c3ncc4c(N5CCCC(C#N)C5)nc(OCC5(CN6CCC(F)CC6)CC5)nc4c3F)c12. The minimum atomic E-state index is -0.797. The lowest BCUT2D eigenvalue weighted by molar-refractivity contribution is 0.107. The zero-order valence-electron chi connectivity index (χ0n) is 25.3. The van der Waals surface area contributed by atoms with Gasteiger partial charge in [0.05, 0.1) is 29.5 Å². The lowest BCUT2D eigenvalue weighted by atomic mass is 9.95. The van der Waals surface area contributed by atoms with Crippen molar-refractivity contribution in [3.63, 3.8) is 0 Å². The second kappa shape index (κ2) is 12.0. The van der Waals surface area contributed by atoms with Crippen LogP contribution in [0.15, 0.2) is 30.5 Å². The molecule has 46 heavy (non-hydrogen) atoms. The van der Waals surface area contributed by atoms with Crippen LogP contribution in [0.2, 0.25) is 0 Å². The molecule has 8 nitrogen and oxygen atoms in total. The molecule has 0 radical (unpaired) electrons. The second-order valence-corrected chi connectivity index (χ2v) is 12.8. The van der Waals surface area contributed by atoms with Crippen LogP contribution in [0.3, 0.4) is 0 Å². The summed E-state index contributed by atoms with van der Waals surface area (Å²) in [5.41, 5.74) is -0.247. The standard InChI is InChI=1S/C35H33F3N6O2/c1-2-25-28(37)6-5-22-14-24(45)15-26(29(22)25)31-30(38)32-27(17-40-31)33(44-11-3-4-21(16-39)18-44)42-34(41-32)46-20-35(9-10-35)19-43-12-7-23(36)8-13-43/h1,5-6,14-15,17,21,23,45H,3-4,7-13,18-20H2. The van der Waals surface area contributed by atoms with Gasteiger partial charge in [-0.05, 0) is 62.1 Å². The number of hydrogen-bond donors (Lipinski definition) is 1. The Balaban J connectivity index is 1.30. The van der Waals surface area contributed by atoms with Crippen molar-refractivity contribution in [1.82, 2.24) is 19.9 Å². The van der Waals surface area contributed by atoms with Crippen molar-refractivity contribution in [2.24, 2.45) is 11.3 Å². The Hall–Kier alpha value is -4.61. The molecule has 1 atom stereocenters. The summed E-state index contributed by atoms with van der Waals surface area (Å²) in [5, 5.41) is 21.2. The minimum Gasteiger partial charge on any atom is -0.508 e. The number of rotatable bonds is 7.